The van der Waals surface area contributed by atoms with Crippen molar-refractivity contribution < 1.29 is 4.74 Å². The highest BCUT2D eigenvalue weighted by molar-refractivity contribution is 5.94. The summed E-state index contributed by atoms with van der Waals surface area (Å²) in [5.41, 5.74) is 17.9. The topological polar surface area (TPSA) is 115 Å². The second kappa shape index (κ2) is 6.83. The van der Waals surface area contributed by atoms with E-state index in [1.54, 1.807) is 7.11 Å². The Labute approximate surface area is 124 Å². The minimum Gasteiger partial charge on any atom is -0.494 e. The normalized spacial score (nSPS) is 15.7. The fraction of sp³-hybridized carbons (Fsp3) is 0.429. The lowest BCUT2D eigenvalue weighted by atomic mass is 10.1. The summed E-state index contributed by atoms with van der Waals surface area (Å²) in [5.74, 6) is 0.519. The van der Waals surface area contributed by atoms with Gasteiger partial charge >= 0.3 is 0 Å². The Morgan fingerprint density at radius 3 is 2.48 bits per heavy atom. The summed E-state index contributed by atoms with van der Waals surface area (Å²) in [4.78, 5) is 10.2. The van der Waals surface area contributed by atoms with Gasteiger partial charge in [0.05, 0.1) is 7.11 Å². The third kappa shape index (κ3) is 4.01. The first-order valence-corrected chi connectivity index (χ1v) is 6.97. The number of guanidine groups is 2. The van der Waals surface area contributed by atoms with Gasteiger partial charge in [0.1, 0.15) is 11.4 Å². The van der Waals surface area contributed by atoms with Crippen LogP contribution in [0.5, 0.6) is 5.75 Å². The molecule has 0 saturated carbocycles. The zero-order valence-electron chi connectivity index (χ0n) is 12.2. The lowest BCUT2D eigenvalue weighted by Crippen LogP contribution is -2.29. The molecule has 0 unspecified atom stereocenters. The van der Waals surface area contributed by atoms with Gasteiger partial charge in [0.25, 0.3) is 0 Å². The molecule has 1 saturated heterocycles. The quantitative estimate of drug-likeness (QED) is 0.565. The van der Waals surface area contributed by atoms with Crippen LogP contribution in [0.4, 0.5) is 11.4 Å². The van der Waals surface area contributed by atoms with E-state index in [0.717, 1.165) is 18.8 Å². The standard InChI is InChI=1S/C14H22N6O/c1-21-12-9-10(20-7-3-2-4-8-20)5-6-11(12)18-14(17)19-13(15)16/h5-6,9H,2-4,7-8H2,1H3,(H6,15,16,17,18,19). The second-order valence-corrected chi connectivity index (χ2v) is 4.91. The molecule has 0 atom stereocenters. The van der Waals surface area contributed by atoms with Gasteiger partial charge in [-0.3, -0.25) is 0 Å². The summed E-state index contributed by atoms with van der Waals surface area (Å²) < 4.78 is 5.38. The fourth-order valence-electron chi connectivity index (χ4n) is 2.39. The third-order valence-electron chi connectivity index (χ3n) is 3.36. The van der Waals surface area contributed by atoms with E-state index < -0.39 is 0 Å². The Morgan fingerprint density at radius 2 is 1.86 bits per heavy atom. The second-order valence-electron chi connectivity index (χ2n) is 4.91. The molecule has 1 aromatic carbocycles. The molecule has 1 fully saturated rings. The highest BCUT2D eigenvalue weighted by atomic mass is 16.5. The fourth-order valence-corrected chi connectivity index (χ4v) is 2.39. The van der Waals surface area contributed by atoms with Crippen molar-refractivity contribution in [2.45, 2.75) is 19.3 Å². The largest absolute Gasteiger partial charge is 0.494 e. The van der Waals surface area contributed by atoms with Crippen molar-refractivity contribution in [1.29, 1.82) is 0 Å². The van der Waals surface area contributed by atoms with E-state index in [1.807, 2.05) is 18.2 Å². The molecule has 6 N–H and O–H groups in total. The van der Waals surface area contributed by atoms with Crippen LogP contribution < -0.4 is 26.8 Å². The van der Waals surface area contributed by atoms with Crippen LogP contribution in [0.1, 0.15) is 19.3 Å². The van der Waals surface area contributed by atoms with Gasteiger partial charge < -0.3 is 26.8 Å². The number of nitrogens with zero attached hydrogens (tertiary/aromatic N) is 3. The molecule has 21 heavy (non-hydrogen) atoms. The lowest BCUT2D eigenvalue weighted by Gasteiger charge is -2.29. The molecule has 0 bridgehead atoms. The van der Waals surface area contributed by atoms with Crippen LogP contribution in [0, 0.1) is 0 Å². The molecule has 0 aromatic heterocycles. The summed E-state index contributed by atoms with van der Waals surface area (Å²) in [6.45, 7) is 2.14. The molecule has 1 heterocycles. The maximum absolute atomic E-state index is 5.65. The van der Waals surface area contributed by atoms with Gasteiger partial charge in [-0.2, -0.15) is 4.99 Å². The number of aliphatic imine (C=N–C) groups is 2. The molecule has 0 amide bonds. The van der Waals surface area contributed by atoms with Crippen LogP contribution in [0.3, 0.4) is 0 Å². The molecule has 1 aromatic rings. The molecule has 114 valence electrons. The van der Waals surface area contributed by atoms with Crippen molar-refractivity contribution in [3.8, 4) is 5.75 Å². The number of hydrogen-bond acceptors (Lipinski definition) is 3. The van der Waals surface area contributed by atoms with Crippen molar-refractivity contribution in [1.82, 2.24) is 0 Å². The summed E-state index contributed by atoms with van der Waals surface area (Å²) >= 11 is 0. The highest BCUT2D eigenvalue weighted by Gasteiger charge is 2.13. The number of methoxy groups -OCH3 is 1. The van der Waals surface area contributed by atoms with Crippen LogP contribution in [-0.2, 0) is 0 Å². The van der Waals surface area contributed by atoms with Crippen molar-refractivity contribution in [2.75, 3.05) is 25.1 Å². The van der Waals surface area contributed by atoms with Crippen molar-refractivity contribution >= 4 is 23.3 Å². The zero-order valence-corrected chi connectivity index (χ0v) is 12.2. The number of nitrogens with two attached hydrogens (primary N) is 3. The average Bonchev–Trinajstić information content (AvgIpc) is 2.47. The van der Waals surface area contributed by atoms with Gasteiger partial charge in [-0.15, -0.1) is 0 Å². The Kier molecular flexibility index (Phi) is 4.86. The summed E-state index contributed by atoms with van der Waals surface area (Å²) in [6.07, 6.45) is 3.74. The molecule has 7 heteroatoms. The summed E-state index contributed by atoms with van der Waals surface area (Å²) in [6, 6.07) is 5.83. The van der Waals surface area contributed by atoms with E-state index in [2.05, 4.69) is 14.9 Å². The molecule has 1 aliphatic heterocycles. The van der Waals surface area contributed by atoms with Crippen LogP contribution in [0.15, 0.2) is 28.2 Å². The molecule has 1 aliphatic rings. The number of ether oxygens (including phenoxy) is 1. The first-order chi connectivity index (χ1) is 10.1. The molecule has 0 spiro atoms. The molecule has 2 rings (SSSR count). The van der Waals surface area contributed by atoms with Gasteiger partial charge in [0.2, 0.25) is 5.96 Å². The molecule has 0 aliphatic carbocycles. The van der Waals surface area contributed by atoms with E-state index in [1.165, 1.54) is 19.3 Å². The third-order valence-corrected chi connectivity index (χ3v) is 3.36. The summed E-state index contributed by atoms with van der Waals surface area (Å²) in [5, 5.41) is 0. The first-order valence-electron chi connectivity index (χ1n) is 6.97. The predicted molar refractivity (Wildman–Crippen MR) is 86.2 cm³/mol. The molecule has 7 nitrogen and oxygen atoms in total. The molecule has 0 radical (unpaired) electrons. The van der Waals surface area contributed by atoms with E-state index in [4.69, 9.17) is 21.9 Å². The van der Waals surface area contributed by atoms with Crippen molar-refractivity contribution in [3.63, 3.8) is 0 Å². The average molecular weight is 290 g/mol. The van der Waals surface area contributed by atoms with Crippen LogP contribution in [0.25, 0.3) is 0 Å². The number of hydrogen-bond donors (Lipinski definition) is 3. The van der Waals surface area contributed by atoms with Crippen molar-refractivity contribution in [3.05, 3.63) is 18.2 Å². The van der Waals surface area contributed by atoms with Gasteiger partial charge in [-0.05, 0) is 31.4 Å². The molecular formula is C14H22N6O. The number of benzene rings is 1. The van der Waals surface area contributed by atoms with Crippen LogP contribution in [0.2, 0.25) is 0 Å². The van der Waals surface area contributed by atoms with Crippen molar-refractivity contribution in [2.24, 2.45) is 27.2 Å². The number of anilines is 1. The minimum absolute atomic E-state index is 0.000905. The van der Waals surface area contributed by atoms with Gasteiger partial charge in [0, 0.05) is 24.8 Å². The van der Waals surface area contributed by atoms with E-state index >= 15 is 0 Å². The van der Waals surface area contributed by atoms with Gasteiger partial charge in [-0.25, -0.2) is 4.99 Å². The zero-order chi connectivity index (χ0) is 15.2. The Balaban J connectivity index is 2.26. The van der Waals surface area contributed by atoms with Crippen LogP contribution >= 0.6 is 0 Å². The van der Waals surface area contributed by atoms with E-state index in [-0.39, 0.29) is 11.9 Å². The number of piperidine rings is 1. The maximum atomic E-state index is 5.65. The highest BCUT2D eigenvalue weighted by Crippen LogP contribution is 2.33. The Bertz CT molecular complexity index is 544. The summed E-state index contributed by atoms with van der Waals surface area (Å²) in [7, 11) is 1.60. The number of rotatable bonds is 3. The lowest BCUT2D eigenvalue weighted by molar-refractivity contribution is 0.416. The van der Waals surface area contributed by atoms with E-state index in [0.29, 0.717) is 11.4 Å². The van der Waals surface area contributed by atoms with Crippen LogP contribution in [-0.4, -0.2) is 32.1 Å². The van der Waals surface area contributed by atoms with Gasteiger partial charge in [0.15, 0.2) is 5.96 Å². The SMILES string of the molecule is COc1cc(N2CCCCC2)ccc1N=C(N)N=C(N)N. The predicted octanol–water partition coefficient (Wildman–Crippen LogP) is 0.905. The first kappa shape index (κ1) is 15.0. The van der Waals surface area contributed by atoms with E-state index in [9.17, 15) is 0 Å². The monoisotopic (exact) mass is 290 g/mol. The Hall–Kier alpha value is -2.44. The molecular weight excluding hydrogens is 268 g/mol. The maximum Gasteiger partial charge on any atom is 0.223 e. The minimum atomic E-state index is -0.125. The smallest absolute Gasteiger partial charge is 0.223 e. The Morgan fingerprint density at radius 1 is 1.14 bits per heavy atom. The van der Waals surface area contributed by atoms with Gasteiger partial charge in [-0.1, -0.05) is 0 Å².